The molecule has 0 aromatic carbocycles. The largest absolute Gasteiger partial charge is 0.364 e. The summed E-state index contributed by atoms with van der Waals surface area (Å²) in [6.45, 7) is 3.94. The molecule has 1 fully saturated rings. The van der Waals surface area contributed by atoms with E-state index in [0.29, 0.717) is 12.4 Å². The fraction of sp³-hybridized carbons (Fsp3) is 0.250. The summed E-state index contributed by atoms with van der Waals surface area (Å²) >= 11 is 0. The van der Waals surface area contributed by atoms with Gasteiger partial charge in [-0.25, -0.2) is 0 Å². The van der Waals surface area contributed by atoms with Crippen molar-refractivity contribution in [2.45, 2.75) is 0 Å². The molecule has 1 aliphatic heterocycles. The van der Waals surface area contributed by atoms with Crippen molar-refractivity contribution in [3.8, 4) is 0 Å². The summed E-state index contributed by atoms with van der Waals surface area (Å²) < 4.78 is 0. The number of carbonyl (C=O) groups excluding carboxylic acids is 1. The summed E-state index contributed by atoms with van der Waals surface area (Å²) in [6.07, 6.45) is 0. The van der Waals surface area contributed by atoms with E-state index in [1.807, 2.05) is 0 Å². The lowest BCUT2D eigenvalue weighted by atomic mass is 10.5. The van der Waals surface area contributed by atoms with Crippen LogP contribution in [0.2, 0.25) is 0 Å². The molecule has 0 atom stereocenters. The molecule has 1 rings (SSSR count). The van der Waals surface area contributed by atoms with Crippen molar-refractivity contribution in [2.24, 2.45) is 0 Å². The number of rotatable bonds is 0. The van der Waals surface area contributed by atoms with Crippen molar-refractivity contribution in [1.29, 1.82) is 0 Å². The maximum atomic E-state index is 10.3. The maximum absolute atomic E-state index is 10.3. The van der Waals surface area contributed by atoms with Crippen molar-refractivity contribution in [2.75, 3.05) is 6.67 Å². The summed E-state index contributed by atoms with van der Waals surface area (Å²) in [6, 6.07) is 0. The van der Waals surface area contributed by atoms with E-state index < -0.39 is 0 Å². The van der Waals surface area contributed by atoms with Crippen LogP contribution in [0, 0.1) is 0 Å². The quantitative estimate of drug-likeness (QED) is 0.388. The zero-order valence-electron chi connectivity index (χ0n) is 3.82. The summed E-state index contributed by atoms with van der Waals surface area (Å²) in [4.78, 5) is 10.3. The Kier molecular flexibility index (Phi) is 0.749. The predicted octanol–water partition coefficient (Wildman–Crippen LogP) is -0.823. The standard InChI is InChI=1S/C4H6N2O/c1-3-4(7)6-2-5-3/h5H,1-2H2,(H,6,7). The minimum absolute atomic E-state index is 0.0972. The molecule has 0 spiro atoms. The first kappa shape index (κ1) is 4.18. The summed E-state index contributed by atoms with van der Waals surface area (Å²) in [7, 11) is 0. The molecule has 1 saturated heterocycles. The molecule has 7 heavy (non-hydrogen) atoms. The molecule has 1 aliphatic rings. The monoisotopic (exact) mass is 98.0 g/mol. The van der Waals surface area contributed by atoms with Gasteiger partial charge in [-0.3, -0.25) is 4.79 Å². The lowest BCUT2D eigenvalue weighted by Crippen LogP contribution is -2.14. The lowest BCUT2D eigenvalue weighted by molar-refractivity contribution is -0.116. The van der Waals surface area contributed by atoms with Gasteiger partial charge >= 0.3 is 0 Å². The lowest BCUT2D eigenvalue weighted by Gasteiger charge is -1.82. The van der Waals surface area contributed by atoms with Crippen LogP contribution >= 0.6 is 0 Å². The molecule has 0 saturated carbocycles. The predicted molar refractivity (Wildman–Crippen MR) is 25.3 cm³/mol. The highest BCUT2D eigenvalue weighted by Crippen LogP contribution is 1.86. The van der Waals surface area contributed by atoms with Gasteiger partial charge in [-0.2, -0.15) is 0 Å². The fourth-order valence-corrected chi connectivity index (χ4v) is 0.418. The van der Waals surface area contributed by atoms with Gasteiger partial charge in [-0.05, 0) is 0 Å². The molecular weight excluding hydrogens is 92.1 g/mol. The van der Waals surface area contributed by atoms with Gasteiger partial charge in [0.1, 0.15) is 0 Å². The normalized spacial score (nSPS) is 18.9. The molecule has 2 N–H and O–H groups in total. The van der Waals surface area contributed by atoms with Crippen molar-refractivity contribution in [1.82, 2.24) is 10.6 Å². The van der Waals surface area contributed by atoms with E-state index in [1.54, 1.807) is 0 Å². The van der Waals surface area contributed by atoms with Gasteiger partial charge < -0.3 is 10.6 Å². The molecule has 3 nitrogen and oxygen atoms in total. The number of hydrogen-bond acceptors (Lipinski definition) is 2. The van der Waals surface area contributed by atoms with Gasteiger partial charge in [0.2, 0.25) is 0 Å². The minimum Gasteiger partial charge on any atom is -0.364 e. The molecular formula is C4H6N2O. The highest BCUT2D eigenvalue weighted by atomic mass is 16.2. The van der Waals surface area contributed by atoms with Gasteiger partial charge in [0.05, 0.1) is 12.4 Å². The maximum Gasteiger partial charge on any atom is 0.268 e. The molecule has 1 amide bonds. The molecule has 3 heteroatoms. The van der Waals surface area contributed by atoms with E-state index in [1.165, 1.54) is 0 Å². The van der Waals surface area contributed by atoms with Crippen LogP contribution in [-0.4, -0.2) is 12.6 Å². The smallest absolute Gasteiger partial charge is 0.268 e. The highest BCUT2D eigenvalue weighted by Gasteiger charge is 2.10. The second-order valence-electron chi connectivity index (χ2n) is 1.34. The molecule has 0 aliphatic carbocycles. The molecule has 38 valence electrons. The Bertz CT molecular complexity index is 105. The topological polar surface area (TPSA) is 41.1 Å². The molecule has 1 heterocycles. The van der Waals surface area contributed by atoms with Gasteiger partial charge in [0, 0.05) is 0 Å². The van der Waals surface area contributed by atoms with Gasteiger partial charge in [-0.1, -0.05) is 6.58 Å². The first-order valence-electron chi connectivity index (χ1n) is 2.01. The number of nitrogens with one attached hydrogen (secondary N) is 2. The van der Waals surface area contributed by atoms with Crippen molar-refractivity contribution in [3.05, 3.63) is 12.3 Å². The van der Waals surface area contributed by atoms with Crippen LogP contribution in [0.1, 0.15) is 0 Å². The van der Waals surface area contributed by atoms with E-state index in [0.717, 1.165) is 0 Å². The number of amides is 1. The first-order valence-corrected chi connectivity index (χ1v) is 2.01. The summed E-state index contributed by atoms with van der Waals surface area (Å²) in [5, 5.41) is 5.23. The summed E-state index contributed by atoms with van der Waals surface area (Å²) in [5.41, 5.74) is 0.458. The average Bonchev–Trinajstić information content (AvgIpc) is 1.91. The van der Waals surface area contributed by atoms with Gasteiger partial charge in [0.15, 0.2) is 0 Å². The third-order valence-electron chi connectivity index (χ3n) is 0.825. The van der Waals surface area contributed by atoms with E-state index in [-0.39, 0.29) is 5.91 Å². The number of carbonyl (C=O) groups is 1. The van der Waals surface area contributed by atoms with Crippen LogP contribution in [0.15, 0.2) is 12.3 Å². The Balaban J connectivity index is 2.65. The zero-order chi connectivity index (χ0) is 5.28. The van der Waals surface area contributed by atoms with Gasteiger partial charge in [-0.15, -0.1) is 0 Å². The van der Waals surface area contributed by atoms with Crippen LogP contribution in [-0.2, 0) is 4.79 Å². The molecule has 0 bridgehead atoms. The Morgan fingerprint density at radius 2 is 2.29 bits per heavy atom. The Morgan fingerprint density at radius 3 is 2.43 bits per heavy atom. The Labute approximate surface area is 41.4 Å². The third kappa shape index (κ3) is 0.559. The second kappa shape index (κ2) is 1.26. The molecule has 0 unspecified atom stereocenters. The van der Waals surface area contributed by atoms with Crippen molar-refractivity contribution >= 4 is 5.91 Å². The third-order valence-corrected chi connectivity index (χ3v) is 0.825. The fourth-order valence-electron chi connectivity index (χ4n) is 0.418. The van der Waals surface area contributed by atoms with Crippen molar-refractivity contribution in [3.63, 3.8) is 0 Å². The molecule has 0 aromatic rings. The second-order valence-corrected chi connectivity index (χ2v) is 1.34. The van der Waals surface area contributed by atoms with Crippen LogP contribution < -0.4 is 10.6 Å². The number of hydrogen-bond donors (Lipinski definition) is 2. The molecule has 0 radical (unpaired) electrons. The van der Waals surface area contributed by atoms with Crippen LogP contribution in [0.5, 0.6) is 0 Å². The SMILES string of the molecule is C=C1NCNC1=O. The van der Waals surface area contributed by atoms with E-state index in [4.69, 9.17) is 0 Å². The van der Waals surface area contributed by atoms with Gasteiger partial charge in [0.25, 0.3) is 5.91 Å². The van der Waals surface area contributed by atoms with Crippen LogP contribution in [0.25, 0.3) is 0 Å². The summed E-state index contributed by atoms with van der Waals surface area (Å²) in [5.74, 6) is -0.0972. The highest BCUT2D eigenvalue weighted by molar-refractivity contribution is 5.93. The van der Waals surface area contributed by atoms with E-state index in [2.05, 4.69) is 17.2 Å². The van der Waals surface area contributed by atoms with Crippen LogP contribution in [0.3, 0.4) is 0 Å². The van der Waals surface area contributed by atoms with Crippen LogP contribution in [0.4, 0.5) is 0 Å². The van der Waals surface area contributed by atoms with E-state index >= 15 is 0 Å². The first-order chi connectivity index (χ1) is 3.30. The van der Waals surface area contributed by atoms with Crippen molar-refractivity contribution < 1.29 is 4.79 Å². The molecule has 0 aromatic heterocycles. The zero-order valence-corrected chi connectivity index (χ0v) is 3.82. The average molecular weight is 98.1 g/mol. The van der Waals surface area contributed by atoms with E-state index in [9.17, 15) is 4.79 Å². The minimum atomic E-state index is -0.0972. The Hall–Kier alpha value is -0.990. The Morgan fingerprint density at radius 1 is 1.57 bits per heavy atom.